The number of benzene rings is 3. The zero-order chi connectivity index (χ0) is 17.3. The maximum absolute atomic E-state index is 11.6. The third-order valence-corrected chi connectivity index (χ3v) is 4.76. The Balaban J connectivity index is 2.18. The van der Waals surface area contributed by atoms with Gasteiger partial charge in [-0.05, 0) is 30.3 Å². The van der Waals surface area contributed by atoms with Gasteiger partial charge in [0, 0.05) is 15.2 Å². The Hall–Kier alpha value is -2.29. The lowest BCUT2D eigenvalue weighted by Crippen LogP contribution is -1.99. The van der Waals surface area contributed by atoms with E-state index in [-0.39, 0.29) is 27.1 Å². The topological polar surface area (TPSA) is 99.3 Å². The highest BCUT2D eigenvalue weighted by molar-refractivity contribution is 9.10. The van der Waals surface area contributed by atoms with Crippen LogP contribution in [0.2, 0.25) is 0 Å². The normalized spacial score (nSPS) is 12.1. The molecule has 0 heterocycles. The van der Waals surface area contributed by atoms with E-state index in [1.54, 1.807) is 36.4 Å². The van der Waals surface area contributed by atoms with Gasteiger partial charge in [0.15, 0.2) is 5.75 Å². The molecule has 0 amide bonds. The Bertz CT molecular complexity index is 1050. The number of fused-ring (bicyclic) bond motifs is 1. The SMILES string of the molecule is O=S(=O)(O)c1cc(N=Nc2ccc(Br)cc2)c(O)c2ccccc12. The second-order valence-electron chi connectivity index (χ2n) is 4.94. The van der Waals surface area contributed by atoms with E-state index in [0.717, 1.165) is 10.5 Å². The van der Waals surface area contributed by atoms with Crippen molar-refractivity contribution >= 4 is 48.2 Å². The van der Waals surface area contributed by atoms with Crippen LogP contribution in [0.25, 0.3) is 10.8 Å². The van der Waals surface area contributed by atoms with Gasteiger partial charge >= 0.3 is 0 Å². The fourth-order valence-electron chi connectivity index (χ4n) is 2.22. The van der Waals surface area contributed by atoms with Gasteiger partial charge in [0.1, 0.15) is 10.6 Å². The highest BCUT2D eigenvalue weighted by Gasteiger charge is 2.19. The number of halogens is 1. The van der Waals surface area contributed by atoms with Crippen LogP contribution in [0.15, 0.2) is 74.2 Å². The van der Waals surface area contributed by atoms with Gasteiger partial charge in [-0.25, -0.2) is 0 Å². The Morgan fingerprint density at radius 1 is 0.917 bits per heavy atom. The first-order valence-corrected chi connectivity index (χ1v) is 8.99. The molecule has 0 bridgehead atoms. The van der Waals surface area contributed by atoms with Crippen LogP contribution >= 0.6 is 15.9 Å². The minimum Gasteiger partial charge on any atom is -0.505 e. The van der Waals surface area contributed by atoms with E-state index < -0.39 is 10.1 Å². The summed E-state index contributed by atoms with van der Waals surface area (Å²) in [6, 6.07) is 14.3. The van der Waals surface area contributed by atoms with Gasteiger partial charge in [-0.3, -0.25) is 4.55 Å². The molecule has 0 fully saturated rings. The standard InChI is InChI=1S/C16H11BrN2O4S/c17-10-5-7-11(8-6-10)18-19-14-9-15(24(21,22)23)12-3-1-2-4-13(12)16(14)20/h1-9,20H,(H,21,22,23). The van der Waals surface area contributed by atoms with E-state index in [1.165, 1.54) is 12.1 Å². The van der Waals surface area contributed by atoms with E-state index in [4.69, 9.17) is 0 Å². The summed E-state index contributed by atoms with van der Waals surface area (Å²) in [5.41, 5.74) is 0.475. The van der Waals surface area contributed by atoms with Crippen molar-refractivity contribution in [2.24, 2.45) is 10.2 Å². The fourth-order valence-corrected chi connectivity index (χ4v) is 3.20. The summed E-state index contributed by atoms with van der Waals surface area (Å²) in [4.78, 5) is -0.333. The van der Waals surface area contributed by atoms with E-state index in [0.29, 0.717) is 5.69 Å². The first-order valence-electron chi connectivity index (χ1n) is 6.76. The summed E-state index contributed by atoms with van der Waals surface area (Å²) >= 11 is 3.30. The van der Waals surface area contributed by atoms with Gasteiger partial charge in [-0.2, -0.15) is 13.5 Å². The Kier molecular flexibility index (Phi) is 4.35. The van der Waals surface area contributed by atoms with Crippen LogP contribution in [0, 0.1) is 0 Å². The van der Waals surface area contributed by atoms with Crippen LogP contribution in [-0.2, 0) is 10.1 Å². The van der Waals surface area contributed by atoms with E-state index in [1.807, 2.05) is 0 Å². The molecule has 0 atom stereocenters. The molecule has 0 aliphatic rings. The van der Waals surface area contributed by atoms with Crippen LogP contribution in [0.5, 0.6) is 5.75 Å². The molecule has 3 aromatic rings. The minimum absolute atomic E-state index is 0.0516. The van der Waals surface area contributed by atoms with Crippen molar-refractivity contribution in [2.45, 2.75) is 4.90 Å². The number of nitrogens with zero attached hydrogens (tertiary/aromatic N) is 2. The monoisotopic (exact) mass is 406 g/mol. The van der Waals surface area contributed by atoms with E-state index in [9.17, 15) is 18.1 Å². The van der Waals surface area contributed by atoms with E-state index in [2.05, 4.69) is 26.2 Å². The molecule has 0 saturated heterocycles. The Labute approximate surface area is 146 Å². The lowest BCUT2D eigenvalue weighted by molar-refractivity contribution is 0.480. The molecule has 122 valence electrons. The quantitative estimate of drug-likeness (QED) is 0.473. The summed E-state index contributed by atoms with van der Waals surface area (Å²) in [5, 5.41) is 18.7. The summed E-state index contributed by atoms with van der Waals surface area (Å²) in [6.45, 7) is 0. The predicted octanol–water partition coefficient (Wildman–Crippen LogP) is 4.97. The molecular formula is C16H11BrN2O4S. The van der Waals surface area contributed by atoms with Crippen molar-refractivity contribution < 1.29 is 18.1 Å². The van der Waals surface area contributed by atoms with E-state index >= 15 is 0 Å². The maximum atomic E-state index is 11.6. The van der Waals surface area contributed by atoms with Crippen molar-refractivity contribution in [3.05, 3.63) is 59.1 Å². The summed E-state index contributed by atoms with van der Waals surface area (Å²) < 4.78 is 33.5. The second kappa shape index (κ2) is 6.31. The van der Waals surface area contributed by atoms with Crippen LogP contribution in [0.1, 0.15) is 0 Å². The zero-order valence-corrected chi connectivity index (χ0v) is 14.5. The molecule has 0 aliphatic carbocycles. The maximum Gasteiger partial charge on any atom is 0.295 e. The van der Waals surface area contributed by atoms with Crippen molar-refractivity contribution in [3.63, 3.8) is 0 Å². The average molecular weight is 407 g/mol. The largest absolute Gasteiger partial charge is 0.505 e. The van der Waals surface area contributed by atoms with Crippen molar-refractivity contribution in [1.82, 2.24) is 0 Å². The van der Waals surface area contributed by atoms with Crippen molar-refractivity contribution in [3.8, 4) is 5.75 Å². The van der Waals surface area contributed by atoms with Crippen LogP contribution in [0.4, 0.5) is 11.4 Å². The first-order chi connectivity index (χ1) is 11.4. The van der Waals surface area contributed by atoms with Gasteiger partial charge in [0.2, 0.25) is 0 Å². The highest BCUT2D eigenvalue weighted by Crippen LogP contribution is 2.39. The number of hydrogen-bond acceptors (Lipinski definition) is 5. The number of aromatic hydroxyl groups is 1. The number of azo groups is 1. The molecule has 2 N–H and O–H groups in total. The molecule has 0 spiro atoms. The fraction of sp³-hybridized carbons (Fsp3) is 0. The number of hydrogen-bond donors (Lipinski definition) is 2. The van der Waals surface area contributed by atoms with Gasteiger partial charge in [-0.15, -0.1) is 5.11 Å². The smallest absolute Gasteiger partial charge is 0.295 e. The molecule has 0 aliphatic heterocycles. The number of phenols is 1. The molecular weight excluding hydrogens is 396 g/mol. The predicted molar refractivity (Wildman–Crippen MR) is 93.7 cm³/mol. The van der Waals surface area contributed by atoms with Gasteiger partial charge < -0.3 is 5.11 Å². The molecule has 0 saturated carbocycles. The highest BCUT2D eigenvalue weighted by atomic mass is 79.9. The minimum atomic E-state index is -4.48. The summed E-state index contributed by atoms with van der Waals surface area (Å²) in [6.07, 6.45) is 0. The molecule has 0 radical (unpaired) electrons. The molecule has 0 unspecified atom stereocenters. The van der Waals surface area contributed by atoms with Crippen LogP contribution in [-0.4, -0.2) is 18.1 Å². The second-order valence-corrected chi connectivity index (χ2v) is 7.25. The summed E-state index contributed by atoms with van der Waals surface area (Å²) in [5.74, 6) is -0.209. The van der Waals surface area contributed by atoms with Crippen molar-refractivity contribution in [1.29, 1.82) is 0 Å². The third-order valence-electron chi connectivity index (χ3n) is 3.34. The summed E-state index contributed by atoms with van der Waals surface area (Å²) in [7, 11) is -4.48. The van der Waals surface area contributed by atoms with Gasteiger partial charge in [0.05, 0.1) is 5.69 Å². The lowest BCUT2D eigenvalue weighted by atomic mass is 10.1. The van der Waals surface area contributed by atoms with Crippen molar-refractivity contribution in [2.75, 3.05) is 0 Å². The molecule has 3 aromatic carbocycles. The molecule has 8 heteroatoms. The third kappa shape index (κ3) is 3.30. The van der Waals surface area contributed by atoms with Gasteiger partial charge in [0.25, 0.3) is 10.1 Å². The molecule has 3 rings (SSSR count). The van der Waals surface area contributed by atoms with Crippen LogP contribution < -0.4 is 0 Å². The Morgan fingerprint density at radius 2 is 1.54 bits per heavy atom. The van der Waals surface area contributed by atoms with Gasteiger partial charge in [-0.1, -0.05) is 40.2 Å². The zero-order valence-electron chi connectivity index (χ0n) is 12.1. The first kappa shape index (κ1) is 16.6. The molecule has 24 heavy (non-hydrogen) atoms. The molecule has 6 nitrogen and oxygen atoms in total. The Morgan fingerprint density at radius 3 is 2.17 bits per heavy atom. The molecule has 0 aromatic heterocycles. The average Bonchev–Trinajstić information content (AvgIpc) is 2.55. The lowest BCUT2D eigenvalue weighted by Gasteiger charge is -2.08. The number of phenolic OH excluding ortho intramolecular Hbond substituents is 1. The van der Waals surface area contributed by atoms with Crippen LogP contribution in [0.3, 0.4) is 0 Å². The number of rotatable bonds is 3.